The Morgan fingerprint density at radius 1 is 1.33 bits per heavy atom. The molecule has 2 nitrogen and oxygen atoms in total. The van der Waals surface area contributed by atoms with E-state index in [-0.39, 0.29) is 0 Å². The van der Waals surface area contributed by atoms with Gasteiger partial charge in [0.25, 0.3) is 0 Å². The van der Waals surface area contributed by atoms with Crippen LogP contribution in [0.1, 0.15) is 46.0 Å². The van der Waals surface area contributed by atoms with Gasteiger partial charge in [-0.3, -0.25) is 0 Å². The van der Waals surface area contributed by atoms with E-state index in [0.29, 0.717) is 12.0 Å². The molecular formula is C13H25NO. The summed E-state index contributed by atoms with van der Waals surface area (Å²) >= 11 is 0. The number of nitrogens with one attached hydrogen (secondary N) is 1. The first kappa shape index (κ1) is 11.4. The molecule has 0 spiro atoms. The van der Waals surface area contributed by atoms with E-state index >= 15 is 0 Å². The molecule has 5 unspecified atom stereocenters. The molecule has 0 saturated heterocycles. The molecule has 2 aliphatic rings. The molecular weight excluding hydrogens is 186 g/mol. The van der Waals surface area contributed by atoms with Gasteiger partial charge in [-0.1, -0.05) is 13.3 Å². The molecule has 0 aliphatic heterocycles. The van der Waals surface area contributed by atoms with Gasteiger partial charge in [0.15, 0.2) is 0 Å². The van der Waals surface area contributed by atoms with Gasteiger partial charge in [0.05, 0.1) is 5.60 Å². The van der Waals surface area contributed by atoms with Gasteiger partial charge in [-0.2, -0.15) is 0 Å². The zero-order valence-electron chi connectivity index (χ0n) is 10.3. The van der Waals surface area contributed by atoms with Crippen molar-refractivity contribution in [3.8, 4) is 0 Å². The second kappa shape index (κ2) is 4.06. The van der Waals surface area contributed by atoms with E-state index in [1.807, 2.05) is 6.92 Å². The Bertz CT molecular complexity index is 227. The zero-order valence-corrected chi connectivity index (χ0v) is 10.3. The third kappa shape index (κ3) is 2.21. The average Bonchev–Trinajstić information content (AvgIpc) is 2.14. The van der Waals surface area contributed by atoms with Crippen LogP contribution in [0.2, 0.25) is 0 Å². The average molecular weight is 211 g/mol. The van der Waals surface area contributed by atoms with Crippen LogP contribution >= 0.6 is 0 Å². The van der Waals surface area contributed by atoms with E-state index in [1.165, 1.54) is 19.3 Å². The molecule has 88 valence electrons. The summed E-state index contributed by atoms with van der Waals surface area (Å²) in [5.74, 6) is 2.30. The van der Waals surface area contributed by atoms with Gasteiger partial charge >= 0.3 is 0 Å². The minimum absolute atomic E-state index is 0.401. The highest BCUT2D eigenvalue weighted by atomic mass is 16.3. The standard InChI is InChI=1S/C13H25NO/c1-4-10-5-9-6-11(12(10)14-3)8-13(2,15)7-9/h9-12,14-15H,4-8H2,1-3H3. The van der Waals surface area contributed by atoms with Gasteiger partial charge in [-0.05, 0) is 57.4 Å². The predicted molar refractivity (Wildman–Crippen MR) is 62.7 cm³/mol. The first-order valence-corrected chi connectivity index (χ1v) is 6.45. The van der Waals surface area contributed by atoms with E-state index < -0.39 is 5.60 Å². The highest BCUT2D eigenvalue weighted by molar-refractivity contribution is 4.98. The van der Waals surface area contributed by atoms with Gasteiger partial charge in [0.1, 0.15) is 0 Å². The minimum Gasteiger partial charge on any atom is -0.390 e. The van der Waals surface area contributed by atoms with Crippen LogP contribution < -0.4 is 5.32 Å². The molecule has 2 saturated carbocycles. The fourth-order valence-corrected chi connectivity index (χ4v) is 4.17. The summed E-state index contributed by atoms with van der Waals surface area (Å²) in [4.78, 5) is 0. The van der Waals surface area contributed by atoms with Crippen LogP contribution in [0.25, 0.3) is 0 Å². The Hall–Kier alpha value is -0.0800. The lowest BCUT2D eigenvalue weighted by Gasteiger charge is -2.49. The molecule has 0 aromatic carbocycles. The summed E-state index contributed by atoms with van der Waals surface area (Å²) in [5.41, 5.74) is -0.401. The third-order valence-electron chi connectivity index (χ3n) is 4.58. The molecule has 15 heavy (non-hydrogen) atoms. The van der Waals surface area contributed by atoms with E-state index in [9.17, 15) is 5.11 Å². The maximum Gasteiger partial charge on any atom is 0.0625 e. The molecule has 2 rings (SSSR count). The summed E-state index contributed by atoms with van der Waals surface area (Å²) in [6.07, 6.45) is 5.94. The first-order chi connectivity index (χ1) is 7.05. The van der Waals surface area contributed by atoms with E-state index in [4.69, 9.17) is 0 Å². The SMILES string of the molecule is CCC1CC2CC(CC(C)(O)C2)C1NC. The molecule has 0 radical (unpaired) electrons. The molecule has 2 bridgehead atoms. The summed E-state index contributed by atoms with van der Waals surface area (Å²) in [6.45, 7) is 4.32. The van der Waals surface area contributed by atoms with E-state index in [2.05, 4.69) is 19.3 Å². The number of hydrogen-bond donors (Lipinski definition) is 2. The van der Waals surface area contributed by atoms with Gasteiger partial charge in [0.2, 0.25) is 0 Å². The van der Waals surface area contributed by atoms with Crippen LogP contribution in [0, 0.1) is 17.8 Å². The van der Waals surface area contributed by atoms with Crippen molar-refractivity contribution in [3.63, 3.8) is 0 Å². The highest BCUT2D eigenvalue weighted by Crippen LogP contribution is 2.47. The maximum atomic E-state index is 10.2. The quantitative estimate of drug-likeness (QED) is 0.733. The topological polar surface area (TPSA) is 32.3 Å². The Morgan fingerprint density at radius 2 is 2.07 bits per heavy atom. The lowest BCUT2D eigenvalue weighted by molar-refractivity contribution is -0.0595. The van der Waals surface area contributed by atoms with Crippen molar-refractivity contribution in [1.82, 2.24) is 5.32 Å². The van der Waals surface area contributed by atoms with Gasteiger partial charge in [0, 0.05) is 6.04 Å². The Labute approximate surface area is 93.5 Å². The van der Waals surface area contributed by atoms with Crippen LogP contribution in [0.5, 0.6) is 0 Å². The number of aliphatic hydroxyl groups is 1. The molecule has 2 aliphatic carbocycles. The normalized spacial score (nSPS) is 50.4. The van der Waals surface area contributed by atoms with E-state index in [0.717, 1.165) is 24.7 Å². The predicted octanol–water partition coefficient (Wildman–Crippen LogP) is 2.17. The van der Waals surface area contributed by atoms with Gasteiger partial charge in [-0.15, -0.1) is 0 Å². The lowest BCUT2D eigenvalue weighted by Crippen LogP contribution is -2.52. The van der Waals surface area contributed by atoms with Crippen molar-refractivity contribution in [3.05, 3.63) is 0 Å². The Balaban J connectivity index is 2.12. The smallest absolute Gasteiger partial charge is 0.0625 e. The van der Waals surface area contributed by atoms with Crippen molar-refractivity contribution in [1.29, 1.82) is 0 Å². The Morgan fingerprint density at radius 3 is 2.67 bits per heavy atom. The van der Waals surface area contributed by atoms with Crippen LogP contribution in [0.3, 0.4) is 0 Å². The monoisotopic (exact) mass is 211 g/mol. The molecule has 0 heterocycles. The largest absolute Gasteiger partial charge is 0.390 e. The Kier molecular flexibility index (Phi) is 3.09. The molecule has 2 heteroatoms. The van der Waals surface area contributed by atoms with Crippen molar-refractivity contribution >= 4 is 0 Å². The molecule has 0 amide bonds. The molecule has 2 fully saturated rings. The maximum absolute atomic E-state index is 10.2. The fourth-order valence-electron chi connectivity index (χ4n) is 4.17. The highest BCUT2D eigenvalue weighted by Gasteiger charge is 2.44. The molecule has 0 aromatic rings. The summed E-state index contributed by atoms with van der Waals surface area (Å²) in [5, 5.41) is 13.7. The summed E-state index contributed by atoms with van der Waals surface area (Å²) in [6, 6.07) is 0.637. The number of hydrogen-bond acceptors (Lipinski definition) is 2. The van der Waals surface area contributed by atoms with Crippen molar-refractivity contribution < 1.29 is 5.11 Å². The zero-order chi connectivity index (χ0) is 11.1. The molecule has 5 atom stereocenters. The number of fused-ring (bicyclic) bond motifs is 2. The summed E-state index contributed by atoms with van der Waals surface area (Å²) < 4.78 is 0. The minimum atomic E-state index is -0.401. The van der Waals surface area contributed by atoms with Crippen LogP contribution in [0.15, 0.2) is 0 Å². The fraction of sp³-hybridized carbons (Fsp3) is 1.00. The third-order valence-corrected chi connectivity index (χ3v) is 4.58. The second-order valence-corrected chi connectivity index (χ2v) is 5.99. The van der Waals surface area contributed by atoms with Gasteiger partial charge < -0.3 is 10.4 Å². The van der Waals surface area contributed by atoms with Crippen molar-refractivity contribution in [2.24, 2.45) is 17.8 Å². The van der Waals surface area contributed by atoms with Crippen molar-refractivity contribution in [2.45, 2.75) is 57.6 Å². The second-order valence-electron chi connectivity index (χ2n) is 5.99. The first-order valence-electron chi connectivity index (χ1n) is 6.45. The van der Waals surface area contributed by atoms with Gasteiger partial charge in [-0.25, -0.2) is 0 Å². The molecule has 2 N–H and O–H groups in total. The van der Waals surface area contributed by atoms with E-state index in [1.54, 1.807) is 0 Å². The van der Waals surface area contributed by atoms with Crippen LogP contribution in [0.4, 0.5) is 0 Å². The number of rotatable bonds is 2. The van der Waals surface area contributed by atoms with Crippen molar-refractivity contribution in [2.75, 3.05) is 7.05 Å². The van der Waals surface area contributed by atoms with Crippen LogP contribution in [-0.2, 0) is 0 Å². The molecule has 0 aromatic heterocycles. The lowest BCUT2D eigenvalue weighted by atomic mass is 9.61. The van der Waals surface area contributed by atoms with Crippen LogP contribution in [-0.4, -0.2) is 23.8 Å². The summed E-state index contributed by atoms with van der Waals surface area (Å²) in [7, 11) is 2.08.